The van der Waals surface area contributed by atoms with Crippen LogP contribution in [0.4, 0.5) is 10.5 Å². The van der Waals surface area contributed by atoms with Gasteiger partial charge in [0.15, 0.2) is 6.04 Å². The van der Waals surface area contributed by atoms with E-state index in [1.54, 1.807) is 0 Å². The maximum absolute atomic E-state index is 12.7. The van der Waals surface area contributed by atoms with Gasteiger partial charge in [-0.05, 0) is 42.0 Å². The van der Waals surface area contributed by atoms with Crippen LogP contribution in [0.25, 0.3) is 0 Å². The molecule has 0 bridgehead atoms. The summed E-state index contributed by atoms with van der Waals surface area (Å²) in [5, 5.41) is 8.59. The molecule has 3 aromatic rings. The minimum absolute atomic E-state index is 0.0537. The molecule has 0 spiro atoms. The first-order chi connectivity index (χ1) is 17.5. The van der Waals surface area contributed by atoms with Crippen LogP contribution in [0.1, 0.15) is 19.4 Å². The van der Waals surface area contributed by atoms with Crippen molar-refractivity contribution in [3.8, 4) is 23.3 Å². The van der Waals surface area contributed by atoms with E-state index in [2.05, 4.69) is 27.8 Å². The number of benzene rings is 3. The Morgan fingerprint density at radius 1 is 0.806 bits per heavy atom. The van der Waals surface area contributed by atoms with E-state index >= 15 is 0 Å². The van der Waals surface area contributed by atoms with Crippen LogP contribution >= 0.6 is 0 Å². The highest BCUT2D eigenvalue weighted by molar-refractivity contribution is 5.88. The van der Waals surface area contributed by atoms with E-state index in [1.807, 2.05) is 98.8 Å². The predicted molar refractivity (Wildman–Crippen MR) is 141 cm³/mol. The lowest BCUT2D eigenvalue weighted by Crippen LogP contribution is -2.47. The Hall–Kier alpha value is -4.44. The van der Waals surface area contributed by atoms with Crippen LogP contribution in [-0.2, 0) is 16.1 Å². The lowest BCUT2D eigenvalue weighted by Gasteiger charge is -2.15. The predicted octanol–water partition coefficient (Wildman–Crippen LogP) is 4.96. The molecular formula is C29H31N3O4. The fraction of sp³-hybridized carbons (Fsp3) is 0.241. The molecule has 0 heterocycles. The van der Waals surface area contributed by atoms with Crippen LogP contribution in [-0.4, -0.2) is 31.1 Å². The van der Waals surface area contributed by atoms with Gasteiger partial charge in [0.25, 0.3) is 5.91 Å². The highest BCUT2D eigenvalue weighted by Gasteiger charge is 2.19. The molecule has 3 rings (SSSR count). The number of nitrogens with one attached hydrogen (secondary N) is 3. The fourth-order valence-electron chi connectivity index (χ4n) is 3.06. The number of carbonyl (C=O) groups excluding carboxylic acids is 2. The van der Waals surface area contributed by atoms with E-state index in [0.717, 1.165) is 22.7 Å². The lowest BCUT2D eigenvalue weighted by atomic mass is 10.2. The van der Waals surface area contributed by atoms with Crippen molar-refractivity contribution in [3.63, 3.8) is 0 Å². The van der Waals surface area contributed by atoms with Crippen molar-refractivity contribution in [1.29, 1.82) is 0 Å². The Balaban J connectivity index is 1.44. The number of carbonyl (C=O) groups is 2. The van der Waals surface area contributed by atoms with Crippen molar-refractivity contribution >= 4 is 17.7 Å². The summed E-state index contributed by atoms with van der Waals surface area (Å²) in [6.45, 7) is 4.78. The minimum atomic E-state index is -1.01. The molecule has 36 heavy (non-hydrogen) atoms. The molecule has 0 fully saturated rings. The number of para-hydroxylation sites is 1. The highest BCUT2D eigenvalue weighted by Crippen LogP contribution is 2.22. The van der Waals surface area contributed by atoms with Gasteiger partial charge in [-0.1, -0.05) is 74.2 Å². The Kier molecular flexibility index (Phi) is 10.2. The second-order valence-electron chi connectivity index (χ2n) is 8.24. The summed E-state index contributed by atoms with van der Waals surface area (Å²) < 4.78 is 11.0. The monoisotopic (exact) mass is 485 g/mol. The van der Waals surface area contributed by atoms with Gasteiger partial charge in [0.1, 0.15) is 18.1 Å². The second-order valence-corrected chi connectivity index (χ2v) is 8.24. The third-order valence-electron chi connectivity index (χ3n) is 4.84. The molecule has 7 nitrogen and oxygen atoms in total. The summed E-state index contributed by atoms with van der Waals surface area (Å²) in [5.74, 6) is 6.92. The quantitative estimate of drug-likeness (QED) is 0.279. The zero-order valence-corrected chi connectivity index (χ0v) is 20.5. The molecule has 0 radical (unpaired) electrons. The summed E-state index contributed by atoms with van der Waals surface area (Å²) >= 11 is 0. The smallest absolute Gasteiger partial charge is 0.408 e. The van der Waals surface area contributed by atoms with Gasteiger partial charge in [0.2, 0.25) is 0 Å². The minimum Gasteiger partial charge on any atom is -0.457 e. The highest BCUT2D eigenvalue weighted by atomic mass is 16.5. The Morgan fingerprint density at radius 3 is 2.11 bits per heavy atom. The standard InChI is InChI=1S/C29H31N3O4/c1-22(2)13-18-27(32-29(34)35-21-23-9-5-3-6-10-23)28(33)31-20-19-30-24-14-16-26(17-15-24)36-25-11-7-4-8-12-25/h3-12,14-17,22,27,30H,19-21H2,1-2H3,(H,31,33)(H,32,34)/t27-/m0/s1. The third-order valence-corrected chi connectivity index (χ3v) is 4.84. The summed E-state index contributed by atoms with van der Waals surface area (Å²) in [4.78, 5) is 24.9. The van der Waals surface area contributed by atoms with Gasteiger partial charge >= 0.3 is 6.09 Å². The van der Waals surface area contributed by atoms with E-state index in [1.165, 1.54) is 0 Å². The summed E-state index contributed by atoms with van der Waals surface area (Å²) in [5.41, 5.74) is 1.75. The van der Waals surface area contributed by atoms with Gasteiger partial charge in [-0.3, -0.25) is 10.1 Å². The maximum Gasteiger partial charge on any atom is 0.408 e. The van der Waals surface area contributed by atoms with E-state index in [-0.39, 0.29) is 12.5 Å². The second kappa shape index (κ2) is 14.1. The van der Waals surface area contributed by atoms with Crippen molar-refractivity contribution in [3.05, 3.63) is 90.5 Å². The third kappa shape index (κ3) is 9.43. The first-order valence-electron chi connectivity index (χ1n) is 11.8. The molecule has 2 amide bonds. The molecule has 0 aliphatic heterocycles. The Bertz CT molecular complexity index is 1150. The number of hydrogen-bond acceptors (Lipinski definition) is 5. The van der Waals surface area contributed by atoms with Gasteiger partial charge in [-0.2, -0.15) is 0 Å². The van der Waals surface area contributed by atoms with Gasteiger partial charge in [-0.25, -0.2) is 4.79 Å². The van der Waals surface area contributed by atoms with Gasteiger partial charge < -0.3 is 20.1 Å². The largest absolute Gasteiger partial charge is 0.457 e. The number of ether oxygens (including phenoxy) is 2. The van der Waals surface area contributed by atoms with Gasteiger partial charge in [-0.15, -0.1) is 0 Å². The average molecular weight is 486 g/mol. The SMILES string of the molecule is CC(C)C#C[C@H](NC(=O)OCc1ccccc1)C(=O)NCCNc1ccc(Oc2ccccc2)cc1. The van der Waals surface area contributed by atoms with Crippen molar-refractivity contribution in [2.45, 2.75) is 26.5 Å². The summed E-state index contributed by atoms with van der Waals surface area (Å²) in [6, 6.07) is 25.4. The number of hydrogen-bond donors (Lipinski definition) is 3. The number of anilines is 1. The molecule has 0 saturated heterocycles. The molecule has 0 aliphatic rings. The van der Waals surface area contributed by atoms with E-state index in [4.69, 9.17) is 9.47 Å². The zero-order valence-electron chi connectivity index (χ0n) is 20.5. The molecule has 7 heteroatoms. The number of alkyl carbamates (subject to hydrolysis) is 1. The van der Waals surface area contributed by atoms with Crippen LogP contribution in [0.3, 0.4) is 0 Å². The molecule has 186 valence electrons. The van der Waals surface area contributed by atoms with E-state index in [9.17, 15) is 9.59 Å². The van der Waals surface area contributed by atoms with E-state index in [0.29, 0.717) is 13.1 Å². The fourth-order valence-corrected chi connectivity index (χ4v) is 3.06. The Labute approximate surface area is 212 Å². The molecule has 1 atom stereocenters. The van der Waals surface area contributed by atoms with Crippen LogP contribution in [0.2, 0.25) is 0 Å². The van der Waals surface area contributed by atoms with Crippen LogP contribution in [0.15, 0.2) is 84.9 Å². The van der Waals surface area contributed by atoms with Crippen molar-refractivity contribution in [2.75, 3.05) is 18.4 Å². The molecule has 0 aliphatic carbocycles. The summed E-state index contributed by atoms with van der Waals surface area (Å²) in [6.07, 6.45) is -0.701. The van der Waals surface area contributed by atoms with E-state index < -0.39 is 18.0 Å². The molecule has 0 aromatic heterocycles. The normalized spacial score (nSPS) is 11.0. The van der Waals surface area contributed by atoms with Crippen LogP contribution in [0, 0.1) is 17.8 Å². The molecule has 0 saturated carbocycles. The first kappa shape index (κ1) is 26.2. The van der Waals surface area contributed by atoms with Crippen molar-refractivity contribution < 1.29 is 19.1 Å². The first-order valence-corrected chi connectivity index (χ1v) is 11.8. The number of rotatable bonds is 10. The zero-order chi connectivity index (χ0) is 25.6. The number of amides is 2. The van der Waals surface area contributed by atoms with Crippen LogP contribution in [0.5, 0.6) is 11.5 Å². The van der Waals surface area contributed by atoms with Crippen molar-refractivity contribution in [1.82, 2.24) is 10.6 Å². The molecule has 3 aromatic carbocycles. The molecule has 0 unspecified atom stereocenters. The topological polar surface area (TPSA) is 88.7 Å². The van der Waals surface area contributed by atoms with Crippen LogP contribution < -0.4 is 20.7 Å². The van der Waals surface area contributed by atoms with Gasteiger partial charge in [0.05, 0.1) is 0 Å². The molecule has 3 N–H and O–H groups in total. The average Bonchev–Trinajstić information content (AvgIpc) is 2.89. The maximum atomic E-state index is 12.7. The molecular weight excluding hydrogens is 454 g/mol. The lowest BCUT2D eigenvalue weighted by molar-refractivity contribution is -0.121. The summed E-state index contributed by atoms with van der Waals surface area (Å²) in [7, 11) is 0. The van der Waals surface area contributed by atoms with Crippen molar-refractivity contribution in [2.24, 2.45) is 5.92 Å². The van der Waals surface area contributed by atoms with Gasteiger partial charge in [0, 0.05) is 24.7 Å². The Morgan fingerprint density at radius 2 is 1.44 bits per heavy atom.